The Morgan fingerprint density at radius 3 is 2.71 bits per heavy atom. The molecule has 1 atom stereocenters. The molecule has 0 bridgehead atoms. The molecular weight excluding hydrogens is 266 g/mol. The number of rotatable bonds is 5. The fourth-order valence-electron chi connectivity index (χ4n) is 2.85. The Bertz CT molecular complexity index is 554. The zero-order chi connectivity index (χ0) is 15.6. The second-order valence-corrected chi connectivity index (χ2v) is 5.93. The number of nitrogens with zero attached hydrogens (tertiary/aromatic N) is 1. The molecule has 3 N–H and O–H groups in total. The predicted molar refractivity (Wildman–Crippen MR) is 84.2 cm³/mol. The molecule has 1 amide bonds. The molecule has 5 nitrogen and oxygen atoms in total. The van der Waals surface area contributed by atoms with Crippen LogP contribution in [-0.2, 0) is 16.0 Å². The number of fused-ring (bicyclic) bond motifs is 1. The summed E-state index contributed by atoms with van der Waals surface area (Å²) in [6.45, 7) is 6.38. The highest BCUT2D eigenvalue weighted by Gasteiger charge is 2.25. The first-order valence-electron chi connectivity index (χ1n) is 7.32. The van der Waals surface area contributed by atoms with Gasteiger partial charge >= 0.3 is 0 Å². The number of nitrogens with one attached hydrogen (secondary N) is 1. The van der Waals surface area contributed by atoms with Crippen LogP contribution in [0.15, 0.2) is 18.2 Å². The van der Waals surface area contributed by atoms with Crippen LogP contribution in [0.25, 0.3) is 0 Å². The normalized spacial score (nSPS) is 15.0. The number of hydrogen-bond donors (Lipinski definition) is 2. The summed E-state index contributed by atoms with van der Waals surface area (Å²) in [6.07, 6.45) is 0.897. The summed E-state index contributed by atoms with van der Waals surface area (Å²) in [6, 6.07) is 5.40. The average molecular weight is 289 g/mol. The van der Waals surface area contributed by atoms with Crippen LogP contribution in [-0.4, -0.2) is 30.8 Å². The summed E-state index contributed by atoms with van der Waals surface area (Å²) in [5.41, 5.74) is 8.84. The predicted octanol–water partition coefficient (Wildman–Crippen LogP) is 1.36. The molecule has 1 aromatic rings. The molecular formula is C16H23N3O2. The van der Waals surface area contributed by atoms with Crippen molar-refractivity contribution in [2.75, 3.05) is 23.7 Å². The van der Waals surface area contributed by atoms with Gasteiger partial charge in [-0.2, -0.15) is 0 Å². The first kappa shape index (κ1) is 15.4. The molecule has 0 saturated heterocycles. The zero-order valence-electron chi connectivity index (χ0n) is 12.8. The van der Waals surface area contributed by atoms with E-state index in [0.29, 0.717) is 5.69 Å². The maximum Gasteiger partial charge on any atom is 0.240 e. The van der Waals surface area contributed by atoms with E-state index in [1.807, 2.05) is 36.9 Å². The Morgan fingerprint density at radius 2 is 2.10 bits per heavy atom. The van der Waals surface area contributed by atoms with Crippen molar-refractivity contribution in [3.63, 3.8) is 0 Å². The lowest BCUT2D eigenvalue weighted by molar-refractivity contribution is -0.127. The van der Waals surface area contributed by atoms with Gasteiger partial charge in [-0.15, -0.1) is 0 Å². The standard InChI is InChI=1S/C16H23N3O2/c1-10(2)15(11(3)20)18-14(21)9-19-8-7-12-5-4-6-13(17)16(12)19/h4-6,10,15H,7-9,17H2,1-3H3,(H,18,21). The Morgan fingerprint density at radius 1 is 1.38 bits per heavy atom. The van der Waals surface area contributed by atoms with Crippen molar-refractivity contribution in [2.45, 2.75) is 33.2 Å². The molecule has 0 saturated carbocycles. The Labute approximate surface area is 125 Å². The van der Waals surface area contributed by atoms with E-state index in [-0.39, 0.29) is 24.2 Å². The third-order valence-corrected chi connectivity index (χ3v) is 3.87. The Hall–Kier alpha value is -2.04. The lowest BCUT2D eigenvalue weighted by atomic mass is 10.0. The van der Waals surface area contributed by atoms with Gasteiger partial charge in [-0.1, -0.05) is 26.0 Å². The highest BCUT2D eigenvalue weighted by atomic mass is 16.2. The molecule has 1 heterocycles. The third-order valence-electron chi connectivity index (χ3n) is 3.87. The number of para-hydroxylation sites is 1. The fraction of sp³-hybridized carbons (Fsp3) is 0.500. The number of amides is 1. The molecule has 1 aromatic carbocycles. The summed E-state index contributed by atoms with van der Waals surface area (Å²) in [4.78, 5) is 25.7. The monoisotopic (exact) mass is 289 g/mol. The van der Waals surface area contributed by atoms with Crippen LogP contribution < -0.4 is 16.0 Å². The molecule has 5 heteroatoms. The van der Waals surface area contributed by atoms with Crippen LogP contribution in [0.3, 0.4) is 0 Å². The Balaban J connectivity index is 2.04. The summed E-state index contributed by atoms with van der Waals surface area (Å²) < 4.78 is 0. The maximum atomic E-state index is 12.2. The smallest absolute Gasteiger partial charge is 0.240 e. The van der Waals surface area contributed by atoms with Gasteiger partial charge in [0.15, 0.2) is 5.78 Å². The van der Waals surface area contributed by atoms with Gasteiger partial charge in [0.1, 0.15) is 0 Å². The molecule has 114 valence electrons. The second kappa shape index (κ2) is 6.16. The maximum absolute atomic E-state index is 12.2. The number of carbonyl (C=O) groups is 2. The van der Waals surface area contributed by atoms with Crippen LogP contribution in [0.1, 0.15) is 26.3 Å². The number of nitrogen functional groups attached to an aromatic ring is 1. The molecule has 0 radical (unpaired) electrons. The number of ketones is 1. The number of carbonyl (C=O) groups excluding carboxylic acids is 2. The molecule has 1 aliphatic heterocycles. The summed E-state index contributed by atoms with van der Waals surface area (Å²) in [7, 11) is 0. The van der Waals surface area contributed by atoms with Gasteiger partial charge < -0.3 is 16.0 Å². The molecule has 21 heavy (non-hydrogen) atoms. The van der Waals surface area contributed by atoms with Gasteiger partial charge in [0.25, 0.3) is 0 Å². The summed E-state index contributed by atoms with van der Waals surface area (Å²) in [5.74, 6) is -0.0675. The first-order valence-corrected chi connectivity index (χ1v) is 7.32. The quantitative estimate of drug-likeness (QED) is 0.803. The van der Waals surface area contributed by atoms with Crippen molar-refractivity contribution >= 4 is 23.1 Å². The average Bonchev–Trinajstić information content (AvgIpc) is 2.80. The van der Waals surface area contributed by atoms with Gasteiger partial charge in [0.2, 0.25) is 5.91 Å². The van der Waals surface area contributed by atoms with E-state index in [1.165, 1.54) is 12.5 Å². The third kappa shape index (κ3) is 3.35. The lowest BCUT2D eigenvalue weighted by Crippen LogP contribution is -2.47. The number of anilines is 2. The van der Waals surface area contributed by atoms with Crippen LogP contribution in [0, 0.1) is 5.92 Å². The largest absolute Gasteiger partial charge is 0.397 e. The van der Waals surface area contributed by atoms with Gasteiger partial charge in [-0.05, 0) is 30.9 Å². The molecule has 0 aliphatic carbocycles. The minimum absolute atomic E-state index is 0.0142. The molecule has 1 unspecified atom stereocenters. The topological polar surface area (TPSA) is 75.4 Å². The van der Waals surface area contributed by atoms with Gasteiger partial charge in [-0.25, -0.2) is 0 Å². The zero-order valence-corrected chi connectivity index (χ0v) is 12.8. The van der Waals surface area contributed by atoms with E-state index < -0.39 is 6.04 Å². The van der Waals surface area contributed by atoms with E-state index in [2.05, 4.69) is 5.32 Å². The van der Waals surface area contributed by atoms with Crippen molar-refractivity contribution in [2.24, 2.45) is 5.92 Å². The van der Waals surface area contributed by atoms with Crippen molar-refractivity contribution < 1.29 is 9.59 Å². The summed E-state index contributed by atoms with van der Waals surface area (Å²) in [5, 5.41) is 2.82. The number of benzene rings is 1. The first-order chi connectivity index (χ1) is 9.90. The van der Waals surface area contributed by atoms with Crippen LogP contribution in [0.5, 0.6) is 0 Å². The molecule has 2 rings (SSSR count). The van der Waals surface area contributed by atoms with Crippen LogP contribution in [0.4, 0.5) is 11.4 Å². The number of Topliss-reactive ketones (excluding diaryl/α,β-unsaturated/α-hetero) is 1. The van der Waals surface area contributed by atoms with Crippen LogP contribution in [0.2, 0.25) is 0 Å². The van der Waals surface area contributed by atoms with Crippen molar-refractivity contribution in [3.8, 4) is 0 Å². The highest BCUT2D eigenvalue weighted by Crippen LogP contribution is 2.33. The minimum atomic E-state index is -0.423. The number of hydrogen-bond acceptors (Lipinski definition) is 4. The second-order valence-electron chi connectivity index (χ2n) is 5.93. The fourth-order valence-corrected chi connectivity index (χ4v) is 2.85. The van der Waals surface area contributed by atoms with E-state index in [1.54, 1.807) is 0 Å². The van der Waals surface area contributed by atoms with E-state index >= 15 is 0 Å². The minimum Gasteiger partial charge on any atom is -0.397 e. The van der Waals surface area contributed by atoms with Gasteiger partial charge in [-0.3, -0.25) is 9.59 Å². The van der Waals surface area contributed by atoms with Crippen molar-refractivity contribution in [1.82, 2.24) is 5.32 Å². The van der Waals surface area contributed by atoms with E-state index in [0.717, 1.165) is 18.7 Å². The van der Waals surface area contributed by atoms with Gasteiger partial charge in [0, 0.05) is 6.54 Å². The van der Waals surface area contributed by atoms with Gasteiger partial charge in [0.05, 0.1) is 24.0 Å². The van der Waals surface area contributed by atoms with E-state index in [4.69, 9.17) is 5.73 Å². The van der Waals surface area contributed by atoms with Crippen molar-refractivity contribution in [3.05, 3.63) is 23.8 Å². The Kier molecular flexibility index (Phi) is 4.50. The van der Waals surface area contributed by atoms with Crippen LogP contribution >= 0.6 is 0 Å². The molecule has 0 aromatic heterocycles. The van der Waals surface area contributed by atoms with E-state index in [9.17, 15) is 9.59 Å². The molecule has 0 fully saturated rings. The lowest BCUT2D eigenvalue weighted by Gasteiger charge is -2.24. The van der Waals surface area contributed by atoms with Crippen molar-refractivity contribution in [1.29, 1.82) is 0 Å². The molecule has 1 aliphatic rings. The SMILES string of the molecule is CC(=O)C(NC(=O)CN1CCc2cccc(N)c21)C(C)C. The number of nitrogens with two attached hydrogens (primary N) is 1. The summed E-state index contributed by atoms with van der Waals surface area (Å²) >= 11 is 0. The highest BCUT2D eigenvalue weighted by molar-refractivity contribution is 5.90. The molecule has 0 spiro atoms.